The standard InChI is InChI=1S/C15H13N3OS/c1-9-13(17-15-18(14(9)19)6-7-20-15)11-8-10(11)12-4-2-3-5-16-12/h2-7,10-11H,8H2,1H3. The molecule has 5 heteroatoms. The smallest absolute Gasteiger partial charge is 0.261 e. The van der Waals surface area contributed by atoms with Crippen molar-refractivity contribution in [2.45, 2.75) is 25.2 Å². The van der Waals surface area contributed by atoms with Gasteiger partial charge in [-0.2, -0.15) is 0 Å². The number of aromatic nitrogens is 3. The van der Waals surface area contributed by atoms with E-state index in [2.05, 4.69) is 16.0 Å². The first-order valence-corrected chi connectivity index (χ1v) is 7.51. The molecule has 2 unspecified atom stereocenters. The van der Waals surface area contributed by atoms with Crippen molar-refractivity contribution in [2.24, 2.45) is 0 Å². The Balaban J connectivity index is 1.77. The highest BCUT2D eigenvalue weighted by Crippen LogP contribution is 2.53. The van der Waals surface area contributed by atoms with Crippen LogP contribution in [-0.2, 0) is 0 Å². The average molecular weight is 283 g/mol. The number of pyridine rings is 1. The maximum absolute atomic E-state index is 12.3. The van der Waals surface area contributed by atoms with E-state index in [1.165, 1.54) is 11.3 Å². The summed E-state index contributed by atoms with van der Waals surface area (Å²) in [5.41, 5.74) is 2.88. The van der Waals surface area contributed by atoms with Crippen molar-refractivity contribution in [1.29, 1.82) is 0 Å². The molecular weight excluding hydrogens is 270 g/mol. The number of hydrogen-bond acceptors (Lipinski definition) is 4. The Morgan fingerprint density at radius 3 is 3.05 bits per heavy atom. The third-order valence-corrected chi connectivity index (χ3v) is 4.70. The number of fused-ring (bicyclic) bond motifs is 1. The lowest BCUT2D eigenvalue weighted by molar-refractivity contribution is 0.897. The van der Waals surface area contributed by atoms with Crippen LogP contribution in [0.1, 0.15) is 35.2 Å². The molecule has 3 heterocycles. The summed E-state index contributed by atoms with van der Waals surface area (Å²) < 4.78 is 1.63. The Hall–Kier alpha value is -2.01. The monoisotopic (exact) mass is 283 g/mol. The molecule has 0 saturated heterocycles. The largest absolute Gasteiger partial charge is 0.269 e. The summed E-state index contributed by atoms with van der Waals surface area (Å²) in [5, 5.41) is 1.90. The van der Waals surface area contributed by atoms with Gasteiger partial charge in [-0.3, -0.25) is 14.2 Å². The second kappa shape index (κ2) is 4.24. The number of nitrogens with zero attached hydrogens (tertiary/aromatic N) is 3. The Labute approximate surface area is 119 Å². The molecule has 1 aliphatic rings. The molecule has 100 valence electrons. The Morgan fingerprint density at radius 1 is 1.35 bits per heavy atom. The van der Waals surface area contributed by atoms with Crippen LogP contribution >= 0.6 is 11.3 Å². The van der Waals surface area contributed by atoms with Crippen LogP contribution < -0.4 is 5.56 Å². The van der Waals surface area contributed by atoms with E-state index < -0.39 is 0 Å². The normalized spacial score (nSPS) is 21.2. The van der Waals surface area contributed by atoms with Crippen LogP contribution in [0.5, 0.6) is 0 Å². The van der Waals surface area contributed by atoms with Crippen molar-refractivity contribution in [3.63, 3.8) is 0 Å². The van der Waals surface area contributed by atoms with Crippen molar-refractivity contribution in [3.05, 3.63) is 63.3 Å². The van der Waals surface area contributed by atoms with Gasteiger partial charge >= 0.3 is 0 Å². The molecule has 20 heavy (non-hydrogen) atoms. The van der Waals surface area contributed by atoms with Gasteiger partial charge in [-0.15, -0.1) is 11.3 Å². The van der Waals surface area contributed by atoms with E-state index in [0.717, 1.165) is 28.3 Å². The van der Waals surface area contributed by atoms with Gasteiger partial charge in [0.15, 0.2) is 4.96 Å². The maximum Gasteiger partial charge on any atom is 0.261 e. The molecular formula is C15H13N3OS. The summed E-state index contributed by atoms with van der Waals surface area (Å²) >= 11 is 1.50. The molecule has 0 radical (unpaired) electrons. The average Bonchev–Trinajstić information content (AvgIpc) is 3.13. The molecule has 0 bridgehead atoms. The first kappa shape index (κ1) is 11.8. The van der Waals surface area contributed by atoms with Gasteiger partial charge in [0.2, 0.25) is 0 Å². The lowest BCUT2D eigenvalue weighted by atomic mass is 10.1. The highest BCUT2D eigenvalue weighted by Gasteiger charge is 2.43. The quantitative estimate of drug-likeness (QED) is 0.726. The first-order chi connectivity index (χ1) is 9.75. The van der Waals surface area contributed by atoms with E-state index in [1.807, 2.05) is 30.6 Å². The molecule has 2 atom stereocenters. The molecule has 1 fully saturated rings. The zero-order chi connectivity index (χ0) is 13.7. The maximum atomic E-state index is 12.3. The summed E-state index contributed by atoms with van der Waals surface area (Å²) in [6.45, 7) is 1.88. The van der Waals surface area contributed by atoms with Crippen LogP contribution in [0.15, 0.2) is 40.8 Å². The van der Waals surface area contributed by atoms with Crippen LogP contribution in [0.3, 0.4) is 0 Å². The van der Waals surface area contributed by atoms with E-state index >= 15 is 0 Å². The van der Waals surface area contributed by atoms with E-state index in [4.69, 9.17) is 0 Å². The molecule has 1 saturated carbocycles. The van der Waals surface area contributed by atoms with E-state index in [1.54, 1.807) is 10.6 Å². The second-order valence-corrected chi connectivity index (χ2v) is 6.06. The van der Waals surface area contributed by atoms with Crippen LogP contribution in [0, 0.1) is 6.92 Å². The third-order valence-electron chi connectivity index (χ3n) is 3.94. The predicted molar refractivity (Wildman–Crippen MR) is 78.4 cm³/mol. The summed E-state index contributed by atoms with van der Waals surface area (Å²) in [6.07, 6.45) is 4.64. The van der Waals surface area contributed by atoms with E-state index in [-0.39, 0.29) is 5.56 Å². The fraction of sp³-hybridized carbons (Fsp3) is 0.267. The fourth-order valence-corrected chi connectivity index (χ4v) is 3.48. The SMILES string of the molecule is Cc1c(C2CC2c2ccccn2)nc2sccn2c1=O. The summed E-state index contributed by atoms with van der Waals surface area (Å²) in [7, 11) is 0. The van der Waals surface area contributed by atoms with Crippen molar-refractivity contribution >= 4 is 16.3 Å². The van der Waals surface area contributed by atoms with Crippen molar-refractivity contribution < 1.29 is 0 Å². The molecule has 0 amide bonds. The minimum atomic E-state index is 0.0536. The predicted octanol–water partition coefficient (Wildman–Crippen LogP) is 2.73. The van der Waals surface area contributed by atoms with Gasteiger partial charge in [0, 0.05) is 40.9 Å². The van der Waals surface area contributed by atoms with Gasteiger partial charge in [-0.05, 0) is 25.5 Å². The van der Waals surface area contributed by atoms with Gasteiger partial charge in [-0.1, -0.05) is 6.07 Å². The highest BCUT2D eigenvalue weighted by atomic mass is 32.1. The van der Waals surface area contributed by atoms with Gasteiger partial charge in [0.25, 0.3) is 5.56 Å². The minimum Gasteiger partial charge on any atom is -0.269 e. The number of hydrogen-bond donors (Lipinski definition) is 0. The molecule has 0 aromatic carbocycles. The van der Waals surface area contributed by atoms with Gasteiger partial charge < -0.3 is 0 Å². The van der Waals surface area contributed by atoms with Crippen molar-refractivity contribution in [1.82, 2.24) is 14.4 Å². The van der Waals surface area contributed by atoms with Crippen LogP contribution in [0.2, 0.25) is 0 Å². The second-order valence-electron chi connectivity index (χ2n) is 5.19. The van der Waals surface area contributed by atoms with Crippen molar-refractivity contribution in [2.75, 3.05) is 0 Å². The van der Waals surface area contributed by atoms with Gasteiger partial charge in [0.05, 0.1) is 5.69 Å². The Morgan fingerprint density at radius 2 is 2.25 bits per heavy atom. The first-order valence-electron chi connectivity index (χ1n) is 6.63. The zero-order valence-corrected chi connectivity index (χ0v) is 11.8. The molecule has 3 aromatic rings. The topological polar surface area (TPSA) is 47.3 Å². The van der Waals surface area contributed by atoms with Crippen LogP contribution in [-0.4, -0.2) is 14.4 Å². The fourth-order valence-electron chi connectivity index (χ4n) is 2.76. The van der Waals surface area contributed by atoms with Crippen LogP contribution in [0.4, 0.5) is 0 Å². The summed E-state index contributed by atoms with van der Waals surface area (Å²) in [6, 6.07) is 5.99. The van der Waals surface area contributed by atoms with E-state index in [0.29, 0.717) is 11.8 Å². The van der Waals surface area contributed by atoms with E-state index in [9.17, 15) is 4.79 Å². The van der Waals surface area contributed by atoms with Crippen LogP contribution in [0.25, 0.3) is 4.96 Å². The van der Waals surface area contributed by atoms with Crippen molar-refractivity contribution in [3.8, 4) is 0 Å². The summed E-state index contributed by atoms with van der Waals surface area (Å²) in [4.78, 5) is 22.2. The number of thiazole rings is 1. The number of rotatable bonds is 2. The Kier molecular flexibility index (Phi) is 2.50. The van der Waals surface area contributed by atoms with Gasteiger partial charge in [-0.25, -0.2) is 4.98 Å². The molecule has 4 rings (SSSR count). The lowest BCUT2D eigenvalue weighted by Gasteiger charge is -2.04. The molecule has 0 aliphatic heterocycles. The van der Waals surface area contributed by atoms with Gasteiger partial charge in [0.1, 0.15) is 0 Å². The molecule has 0 spiro atoms. The highest BCUT2D eigenvalue weighted by molar-refractivity contribution is 7.15. The zero-order valence-electron chi connectivity index (χ0n) is 11.0. The Bertz CT molecular complexity index is 837. The lowest BCUT2D eigenvalue weighted by Crippen LogP contribution is -2.18. The molecule has 0 N–H and O–H groups in total. The third kappa shape index (κ3) is 1.70. The molecule has 1 aliphatic carbocycles. The minimum absolute atomic E-state index is 0.0536. The molecule has 4 nitrogen and oxygen atoms in total. The molecule has 3 aromatic heterocycles. The summed E-state index contributed by atoms with van der Waals surface area (Å²) in [5.74, 6) is 0.744.